The van der Waals surface area contributed by atoms with Crippen molar-refractivity contribution >= 4 is 34.6 Å². The summed E-state index contributed by atoms with van der Waals surface area (Å²) in [6.07, 6.45) is -0.682. The Bertz CT molecular complexity index is 1460. The Morgan fingerprint density at radius 2 is 1.58 bits per heavy atom. The van der Waals surface area contributed by atoms with Gasteiger partial charge in [0.15, 0.2) is 0 Å². The molecule has 1 heterocycles. The molecule has 38 heavy (non-hydrogen) atoms. The van der Waals surface area contributed by atoms with Crippen LogP contribution < -0.4 is 27.6 Å². The van der Waals surface area contributed by atoms with Crippen LogP contribution in [0.2, 0.25) is 0 Å². The van der Waals surface area contributed by atoms with Crippen molar-refractivity contribution in [2.45, 2.75) is 44.8 Å². The molecule has 1 aromatic heterocycles. The van der Waals surface area contributed by atoms with E-state index in [1.54, 1.807) is 62.4 Å². The topological polar surface area (TPSA) is 193 Å². The van der Waals surface area contributed by atoms with Gasteiger partial charge in [0.25, 0.3) is 5.56 Å². The minimum Gasteiger partial charge on any atom is -0.480 e. The summed E-state index contributed by atoms with van der Waals surface area (Å²) in [5.74, 6) is -4.58. The number of nitrogens with zero attached hydrogens (tertiary/aromatic N) is 1. The Morgan fingerprint density at radius 1 is 0.947 bits per heavy atom. The highest BCUT2D eigenvalue weighted by atomic mass is 16.4. The molecule has 2 aromatic carbocycles. The molecule has 0 saturated carbocycles. The van der Waals surface area contributed by atoms with E-state index in [4.69, 9.17) is 5.73 Å². The summed E-state index contributed by atoms with van der Waals surface area (Å²) in [5, 5.41) is 14.3. The van der Waals surface area contributed by atoms with Crippen molar-refractivity contribution in [1.82, 2.24) is 20.2 Å². The van der Waals surface area contributed by atoms with Crippen molar-refractivity contribution < 1.29 is 24.3 Å². The molecule has 0 aliphatic rings. The Morgan fingerprint density at radius 3 is 2.18 bits per heavy atom. The molecule has 0 bridgehead atoms. The lowest BCUT2D eigenvalue weighted by Gasteiger charge is -2.26. The number of H-pyrrole nitrogens is 1. The molecule has 3 atom stereocenters. The third-order valence-corrected chi connectivity index (χ3v) is 5.99. The average molecular weight is 524 g/mol. The molecule has 3 amide bonds. The van der Waals surface area contributed by atoms with E-state index in [1.165, 1.54) is 6.07 Å². The third kappa shape index (κ3) is 6.52. The number of carboxylic acid groups (broad SMARTS) is 1. The van der Waals surface area contributed by atoms with Gasteiger partial charge in [-0.15, -0.1) is 0 Å². The van der Waals surface area contributed by atoms with Crippen molar-refractivity contribution in [2.75, 3.05) is 0 Å². The number of benzene rings is 2. The van der Waals surface area contributed by atoms with Gasteiger partial charge < -0.3 is 26.5 Å². The van der Waals surface area contributed by atoms with Gasteiger partial charge in [0.05, 0.1) is 17.3 Å². The summed E-state index contributed by atoms with van der Waals surface area (Å²) in [6, 6.07) is 10.9. The molecule has 12 nitrogen and oxygen atoms in total. The molecule has 0 fully saturated rings. The number of aromatic amines is 1. The first-order valence-electron chi connectivity index (χ1n) is 11.9. The molecule has 200 valence electrons. The first-order chi connectivity index (χ1) is 18.0. The van der Waals surface area contributed by atoms with E-state index in [1.807, 2.05) is 0 Å². The molecule has 0 aliphatic carbocycles. The minimum absolute atomic E-state index is 0.0418. The van der Waals surface area contributed by atoms with E-state index in [2.05, 4.69) is 15.6 Å². The number of hydrogen-bond donors (Lipinski definition) is 5. The number of aromatic nitrogens is 2. The van der Waals surface area contributed by atoms with Crippen LogP contribution in [0.1, 0.15) is 31.9 Å². The van der Waals surface area contributed by atoms with E-state index in [0.29, 0.717) is 11.1 Å². The maximum Gasteiger partial charge on any atom is 0.329 e. The zero-order chi connectivity index (χ0) is 28.0. The maximum atomic E-state index is 13.6. The predicted octanol–water partition coefficient (Wildman–Crippen LogP) is 0.0592. The number of rotatable bonds is 11. The van der Waals surface area contributed by atoms with Crippen LogP contribution in [0.15, 0.2) is 64.2 Å². The summed E-state index contributed by atoms with van der Waals surface area (Å²) in [7, 11) is 0. The number of aliphatic carboxylic acids is 1. The van der Waals surface area contributed by atoms with Gasteiger partial charge in [0, 0.05) is 6.42 Å². The van der Waals surface area contributed by atoms with Gasteiger partial charge in [0.1, 0.15) is 18.1 Å². The zero-order valence-corrected chi connectivity index (χ0v) is 20.8. The number of para-hydroxylation sites is 1. The van der Waals surface area contributed by atoms with Crippen LogP contribution in [-0.2, 0) is 25.6 Å². The molecule has 0 spiro atoms. The van der Waals surface area contributed by atoms with E-state index in [0.717, 1.165) is 4.57 Å². The fourth-order valence-electron chi connectivity index (χ4n) is 4.04. The van der Waals surface area contributed by atoms with Gasteiger partial charge >= 0.3 is 11.7 Å². The van der Waals surface area contributed by atoms with Crippen LogP contribution in [0.4, 0.5) is 0 Å². The van der Waals surface area contributed by atoms with Gasteiger partial charge in [-0.3, -0.25) is 19.2 Å². The highest BCUT2D eigenvalue weighted by molar-refractivity contribution is 5.93. The monoisotopic (exact) mass is 523 g/mol. The Kier molecular flexibility index (Phi) is 8.79. The standard InChI is InChI=1S/C26H29N5O7/c1-14(2)21(23(34)28-18(25(36)37)13-20(27)32)30-22(33)19(12-15-8-4-3-5-9-15)31-24(35)16-10-6-7-11-17(16)29-26(31)38/h3-11,14,18-19,21H,12-13H2,1-2H3,(H2,27,32)(H,28,34)(H,29,38)(H,30,33)(H,36,37)/t18-,19-,21-/m0/s1. The minimum atomic E-state index is -1.59. The molecule has 12 heteroatoms. The lowest BCUT2D eigenvalue weighted by Crippen LogP contribution is -2.56. The fourth-order valence-corrected chi connectivity index (χ4v) is 4.04. The number of primary amides is 1. The third-order valence-electron chi connectivity index (χ3n) is 5.99. The van der Waals surface area contributed by atoms with E-state index in [9.17, 15) is 33.9 Å². The molecule has 0 aliphatic heterocycles. The second-order valence-electron chi connectivity index (χ2n) is 9.16. The molecule has 3 aromatic rings. The summed E-state index contributed by atoms with van der Waals surface area (Å²) in [5.41, 5.74) is 4.56. The normalized spacial score (nSPS) is 13.4. The molecule has 3 rings (SSSR count). The molecular formula is C26H29N5O7. The van der Waals surface area contributed by atoms with E-state index in [-0.39, 0.29) is 11.8 Å². The Balaban J connectivity index is 2.00. The van der Waals surface area contributed by atoms with Crippen molar-refractivity contribution in [3.63, 3.8) is 0 Å². The smallest absolute Gasteiger partial charge is 0.329 e. The van der Waals surface area contributed by atoms with Crippen LogP contribution in [-0.4, -0.2) is 50.4 Å². The van der Waals surface area contributed by atoms with Gasteiger partial charge in [-0.1, -0.05) is 56.3 Å². The predicted molar refractivity (Wildman–Crippen MR) is 138 cm³/mol. The molecule has 6 N–H and O–H groups in total. The summed E-state index contributed by atoms with van der Waals surface area (Å²) in [6.45, 7) is 3.24. The number of hydrogen-bond acceptors (Lipinski definition) is 6. The van der Waals surface area contributed by atoms with Crippen LogP contribution in [0.5, 0.6) is 0 Å². The lowest BCUT2D eigenvalue weighted by molar-refractivity contribution is -0.144. The summed E-state index contributed by atoms with van der Waals surface area (Å²) < 4.78 is 0.813. The van der Waals surface area contributed by atoms with Crippen molar-refractivity contribution in [2.24, 2.45) is 11.7 Å². The quantitative estimate of drug-likeness (QED) is 0.234. The number of nitrogens with one attached hydrogen (secondary N) is 3. The van der Waals surface area contributed by atoms with Crippen molar-refractivity contribution in [3.05, 3.63) is 81.0 Å². The van der Waals surface area contributed by atoms with E-state index < -0.39 is 65.4 Å². The van der Waals surface area contributed by atoms with Crippen molar-refractivity contribution in [1.29, 1.82) is 0 Å². The molecule has 0 radical (unpaired) electrons. The number of carbonyl (C=O) groups excluding carboxylic acids is 3. The molecule has 0 saturated heterocycles. The van der Waals surface area contributed by atoms with Crippen LogP contribution in [0.25, 0.3) is 10.9 Å². The average Bonchev–Trinajstić information content (AvgIpc) is 2.86. The van der Waals surface area contributed by atoms with Crippen LogP contribution in [0.3, 0.4) is 0 Å². The number of carboxylic acids is 1. The Hall–Kier alpha value is -4.74. The maximum absolute atomic E-state index is 13.6. The number of amides is 3. The zero-order valence-electron chi connectivity index (χ0n) is 20.8. The van der Waals surface area contributed by atoms with Gasteiger partial charge in [-0.25, -0.2) is 14.2 Å². The second-order valence-corrected chi connectivity index (χ2v) is 9.16. The summed E-state index contributed by atoms with van der Waals surface area (Å²) >= 11 is 0. The lowest BCUT2D eigenvalue weighted by atomic mass is 10.00. The second kappa shape index (κ2) is 12.0. The Labute approximate surface area is 216 Å². The van der Waals surface area contributed by atoms with Gasteiger partial charge in [-0.2, -0.15) is 0 Å². The highest BCUT2D eigenvalue weighted by Crippen LogP contribution is 2.15. The van der Waals surface area contributed by atoms with Gasteiger partial charge in [0.2, 0.25) is 17.7 Å². The largest absolute Gasteiger partial charge is 0.480 e. The number of fused-ring (bicyclic) bond motifs is 1. The highest BCUT2D eigenvalue weighted by Gasteiger charge is 2.33. The van der Waals surface area contributed by atoms with Crippen molar-refractivity contribution in [3.8, 4) is 0 Å². The summed E-state index contributed by atoms with van der Waals surface area (Å²) in [4.78, 5) is 78.2. The first-order valence-corrected chi connectivity index (χ1v) is 11.9. The first kappa shape index (κ1) is 27.8. The number of carbonyl (C=O) groups is 4. The molecule has 0 unspecified atom stereocenters. The van der Waals surface area contributed by atoms with Crippen LogP contribution >= 0.6 is 0 Å². The van der Waals surface area contributed by atoms with E-state index >= 15 is 0 Å². The molecular weight excluding hydrogens is 494 g/mol. The fraction of sp³-hybridized carbons (Fsp3) is 0.308. The van der Waals surface area contributed by atoms with Gasteiger partial charge in [-0.05, 0) is 23.6 Å². The van der Waals surface area contributed by atoms with Crippen LogP contribution in [0, 0.1) is 5.92 Å². The SMILES string of the molecule is CC(C)[C@H](NC(=O)[C@H](Cc1ccccc1)n1c(=O)[nH]c2ccccc2c1=O)C(=O)N[C@@H](CC(N)=O)C(=O)O. The number of nitrogens with two attached hydrogens (primary N) is 1.